The minimum absolute atomic E-state index is 0.193. The molecule has 1 saturated heterocycles. The van der Waals surface area contributed by atoms with Crippen molar-refractivity contribution in [1.29, 1.82) is 0 Å². The molecule has 0 saturated carbocycles. The maximum Gasteiger partial charge on any atom is 0.160 e. The van der Waals surface area contributed by atoms with Crippen LogP contribution in [0.3, 0.4) is 0 Å². The number of rotatable bonds is 3. The fourth-order valence-corrected chi connectivity index (χ4v) is 2.47. The molecule has 2 atom stereocenters. The van der Waals surface area contributed by atoms with Crippen molar-refractivity contribution < 1.29 is 9.47 Å². The molecular formula is C13H20N2O2. The molecule has 17 heavy (non-hydrogen) atoms. The van der Waals surface area contributed by atoms with Gasteiger partial charge in [0.15, 0.2) is 11.5 Å². The van der Waals surface area contributed by atoms with Crippen LogP contribution >= 0.6 is 0 Å². The number of hydrogen-bond acceptors (Lipinski definition) is 4. The van der Waals surface area contributed by atoms with Crippen LogP contribution in [0.15, 0.2) is 18.2 Å². The van der Waals surface area contributed by atoms with Crippen molar-refractivity contribution in [2.75, 3.05) is 34.4 Å². The Balaban J connectivity index is 2.27. The highest BCUT2D eigenvalue weighted by Crippen LogP contribution is 2.33. The van der Waals surface area contributed by atoms with Gasteiger partial charge in [0.1, 0.15) is 0 Å². The molecule has 0 amide bonds. The van der Waals surface area contributed by atoms with Crippen molar-refractivity contribution >= 4 is 0 Å². The van der Waals surface area contributed by atoms with Gasteiger partial charge in [-0.1, -0.05) is 6.07 Å². The Bertz CT molecular complexity index is 395. The molecule has 0 radical (unpaired) electrons. The van der Waals surface area contributed by atoms with Crippen molar-refractivity contribution in [1.82, 2.24) is 4.90 Å². The molecule has 4 heteroatoms. The number of benzene rings is 1. The van der Waals surface area contributed by atoms with E-state index in [4.69, 9.17) is 15.2 Å². The summed E-state index contributed by atoms with van der Waals surface area (Å²) in [5, 5.41) is 0. The van der Waals surface area contributed by atoms with Gasteiger partial charge in [0.05, 0.1) is 14.2 Å². The zero-order valence-electron chi connectivity index (χ0n) is 10.6. The van der Waals surface area contributed by atoms with Crippen molar-refractivity contribution in [3.8, 4) is 11.5 Å². The normalized spacial score (nSPS) is 24.9. The Labute approximate surface area is 102 Å². The van der Waals surface area contributed by atoms with E-state index in [0.29, 0.717) is 5.92 Å². The lowest BCUT2D eigenvalue weighted by Gasteiger charge is -2.17. The highest BCUT2D eigenvalue weighted by molar-refractivity contribution is 5.44. The molecule has 2 rings (SSSR count). The first-order chi connectivity index (χ1) is 8.15. The Kier molecular flexibility index (Phi) is 3.54. The molecule has 0 aliphatic carbocycles. The van der Waals surface area contributed by atoms with Crippen LogP contribution < -0.4 is 15.2 Å². The summed E-state index contributed by atoms with van der Waals surface area (Å²) in [6.07, 6.45) is 0. The van der Waals surface area contributed by atoms with E-state index in [1.807, 2.05) is 12.1 Å². The van der Waals surface area contributed by atoms with E-state index in [1.165, 1.54) is 5.56 Å². The first-order valence-corrected chi connectivity index (χ1v) is 5.81. The van der Waals surface area contributed by atoms with Gasteiger partial charge in [-0.25, -0.2) is 0 Å². The molecule has 1 aromatic rings. The fourth-order valence-electron chi connectivity index (χ4n) is 2.47. The van der Waals surface area contributed by atoms with Crippen LogP contribution in [0, 0.1) is 0 Å². The van der Waals surface area contributed by atoms with Crippen LogP contribution in [0.5, 0.6) is 11.5 Å². The molecule has 1 heterocycles. The third-order valence-corrected chi connectivity index (χ3v) is 3.38. The summed E-state index contributed by atoms with van der Waals surface area (Å²) in [6, 6.07) is 6.24. The molecular weight excluding hydrogens is 216 g/mol. The van der Waals surface area contributed by atoms with E-state index in [2.05, 4.69) is 18.0 Å². The van der Waals surface area contributed by atoms with Crippen molar-refractivity contribution in [3.05, 3.63) is 23.8 Å². The first-order valence-electron chi connectivity index (χ1n) is 5.81. The number of nitrogens with zero attached hydrogens (tertiary/aromatic N) is 1. The summed E-state index contributed by atoms with van der Waals surface area (Å²) < 4.78 is 10.6. The van der Waals surface area contributed by atoms with Gasteiger partial charge in [-0.3, -0.25) is 0 Å². The van der Waals surface area contributed by atoms with Gasteiger partial charge in [-0.15, -0.1) is 0 Å². The highest BCUT2D eigenvalue weighted by atomic mass is 16.5. The number of likely N-dealkylation sites (N-methyl/N-ethyl adjacent to an activating group) is 1. The van der Waals surface area contributed by atoms with Gasteiger partial charge in [0, 0.05) is 25.0 Å². The van der Waals surface area contributed by atoms with E-state index in [9.17, 15) is 0 Å². The topological polar surface area (TPSA) is 47.7 Å². The minimum atomic E-state index is 0.193. The van der Waals surface area contributed by atoms with E-state index >= 15 is 0 Å². The van der Waals surface area contributed by atoms with Crippen molar-refractivity contribution in [2.45, 2.75) is 12.0 Å². The molecule has 2 N–H and O–H groups in total. The van der Waals surface area contributed by atoms with Gasteiger partial charge in [0.25, 0.3) is 0 Å². The molecule has 0 spiro atoms. The molecule has 0 unspecified atom stereocenters. The monoisotopic (exact) mass is 236 g/mol. The van der Waals surface area contributed by atoms with Gasteiger partial charge in [-0.05, 0) is 24.7 Å². The lowest BCUT2D eigenvalue weighted by atomic mass is 9.94. The second-order valence-electron chi connectivity index (χ2n) is 4.61. The number of ether oxygens (including phenoxy) is 2. The van der Waals surface area contributed by atoms with Crippen LogP contribution in [-0.4, -0.2) is 45.3 Å². The third kappa shape index (κ3) is 2.37. The van der Waals surface area contributed by atoms with Crippen molar-refractivity contribution in [2.24, 2.45) is 5.73 Å². The summed E-state index contributed by atoms with van der Waals surface area (Å²) in [5.74, 6) is 1.91. The SMILES string of the molecule is COc1ccc([C@@H]2CN(C)C[C@@H]2N)cc1OC. The van der Waals surface area contributed by atoms with E-state index in [1.54, 1.807) is 14.2 Å². The number of nitrogens with two attached hydrogens (primary N) is 1. The number of methoxy groups -OCH3 is 2. The number of hydrogen-bond donors (Lipinski definition) is 1. The van der Waals surface area contributed by atoms with Crippen LogP contribution in [0.4, 0.5) is 0 Å². The van der Waals surface area contributed by atoms with E-state index in [-0.39, 0.29) is 6.04 Å². The summed E-state index contributed by atoms with van der Waals surface area (Å²) in [4.78, 5) is 2.26. The average Bonchev–Trinajstić information content (AvgIpc) is 2.67. The third-order valence-electron chi connectivity index (χ3n) is 3.38. The van der Waals surface area contributed by atoms with Crippen molar-refractivity contribution in [3.63, 3.8) is 0 Å². The molecule has 94 valence electrons. The fraction of sp³-hybridized carbons (Fsp3) is 0.538. The zero-order chi connectivity index (χ0) is 12.4. The predicted molar refractivity (Wildman–Crippen MR) is 67.8 cm³/mol. The second kappa shape index (κ2) is 4.94. The predicted octanol–water partition coefficient (Wildman–Crippen LogP) is 1.06. The summed E-state index contributed by atoms with van der Waals surface area (Å²) in [5.41, 5.74) is 7.37. The summed E-state index contributed by atoms with van der Waals surface area (Å²) in [7, 11) is 5.40. The quantitative estimate of drug-likeness (QED) is 0.852. The Morgan fingerprint density at radius 2 is 1.88 bits per heavy atom. The highest BCUT2D eigenvalue weighted by Gasteiger charge is 2.29. The smallest absolute Gasteiger partial charge is 0.160 e. The van der Waals surface area contributed by atoms with Crippen LogP contribution in [0.1, 0.15) is 11.5 Å². The van der Waals surface area contributed by atoms with Gasteiger partial charge in [0.2, 0.25) is 0 Å². The molecule has 1 fully saturated rings. The standard InChI is InChI=1S/C13H20N2O2/c1-15-7-10(11(14)8-15)9-4-5-12(16-2)13(6-9)17-3/h4-6,10-11H,7-8,14H2,1-3H3/t10-,11-/m0/s1. The lowest BCUT2D eigenvalue weighted by molar-refractivity contribution is 0.354. The minimum Gasteiger partial charge on any atom is -0.493 e. The van der Waals surface area contributed by atoms with Crippen LogP contribution in [0.25, 0.3) is 0 Å². The largest absolute Gasteiger partial charge is 0.493 e. The Hall–Kier alpha value is -1.26. The molecule has 0 aromatic heterocycles. The van der Waals surface area contributed by atoms with E-state index < -0.39 is 0 Å². The summed E-state index contributed by atoms with van der Waals surface area (Å²) >= 11 is 0. The number of likely N-dealkylation sites (tertiary alicyclic amines) is 1. The molecule has 0 bridgehead atoms. The molecule has 1 aliphatic heterocycles. The zero-order valence-corrected chi connectivity index (χ0v) is 10.6. The second-order valence-corrected chi connectivity index (χ2v) is 4.61. The molecule has 1 aromatic carbocycles. The molecule has 1 aliphatic rings. The Morgan fingerprint density at radius 1 is 1.18 bits per heavy atom. The lowest BCUT2D eigenvalue weighted by Crippen LogP contribution is -2.27. The van der Waals surface area contributed by atoms with E-state index in [0.717, 1.165) is 24.6 Å². The average molecular weight is 236 g/mol. The van der Waals surface area contributed by atoms with Crippen LogP contribution in [-0.2, 0) is 0 Å². The van der Waals surface area contributed by atoms with Crippen LogP contribution in [0.2, 0.25) is 0 Å². The molecule has 4 nitrogen and oxygen atoms in total. The maximum atomic E-state index is 6.15. The van der Waals surface area contributed by atoms with Gasteiger partial charge in [-0.2, -0.15) is 0 Å². The Morgan fingerprint density at radius 3 is 2.41 bits per heavy atom. The van der Waals surface area contributed by atoms with Gasteiger partial charge >= 0.3 is 0 Å². The maximum absolute atomic E-state index is 6.15. The van der Waals surface area contributed by atoms with Gasteiger partial charge < -0.3 is 20.1 Å². The summed E-state index contributed by atoms with van der Waals surface area (Å²) in [6.45, 7) is 1.94. The first kappa shape index (κ1) is 12.2.